The Morgan fingerprint density at radius 1 is 1.12 bits per heavy atom. The van der Waals surface area contributed by atoms with Crippen LogP contribution in [0.4, 0.5) is 9.18 Å². The third-order valence-corrected chi connectivity index (χ3v) is 6.08. The second kappa shape index (κ2) is 10.3. The number of ether oxygens (including phenoxy) is 2. The summed E-state index contributed by atoms with van der Waals surface area (Å²) in [6.45, 7) is 10.0. The van der Waals surface area contributed by atoms with Crippen LogP contribution in [0.15, 0.2) is 42.5 Å². The van der Waals surface area contributed by atoms with Crippen LogP contribution in [0.1, 0.15) is 44.9 Å². The van der Waals surface area contributed by atoms with Gasteiger partial charge in [-0.3, -0.25) is 4.79 Å². The van der Waals surface area contributed by atoms with Crippen molar-refractivity contribution in [2.24, 2.45) is 0 Å². The summed E-state index contributed by atoms with van der Waals surface area (Å²) in [4.78, 5) is 29.4. The van der Waals surface area contributed by atoms with E-state index in [1.807, 2.05) is 39.8 Å². The van der Waals surface area contributed by atoms with Crippen LogP contribution < -0.4 is 4.74 Å². The van der Waals surface area contributed by atoms with Crippen molar-refractivity contribution >= 4 is 34.6 Å². The number of nitrogens with zero attached hydrogens (tertiary/aromatic N) is 2. The number of hydrogen-bond donors (Lipinski definition) is 0. The van der Waals surface area contributed by atoms with Crippen LogP contribution in [0.25, 0.3) is 0 Å². The lowest BCUT2D eigenvalue weighted by Gasteiger charge is -2.41. The van der Waals surface area contributed by atoms with Gasteiger partial charge in [0.25, 0.3) is 5.91 Å². The van der Waals surface area contributed by atoms with Crippen LogP contribution in [0.2, 0.25) is 0 Å². The van der Waals surface area contributed by atoms with E-state index < -0.39 is 17.8 Å². The fourth-order valence-electron chi connectivity index (χ4n) is 3.60. The van der Waals surface area contributed by atoms with Gasteiger partial charge in [-0.15, -0.1) is 0 Å². The van der Waals surface area contributed by atoms with E-state index in [0.717, 1.165) is 3.57 Å². The molecule has 8 heteroatoms. The van der Waals surface area contributed by atoms with E-state index in [1.165, 1.54) is 6.07 Å². The Kier molecular flexibility index (Phi) is 7.87. The predicted molar refractivity (Wildman–Crippen MR) is 133 cm³/mol. The highest BCUT2D eigenvalue weighted by Gasteiger charge is 2.36. The highest BCUT2D eigenvalue weighted by atomic mass is 127. The first-order chi connectivity index (χ1) is 15.4. The third-order valence-electron chi connectivity index (χ3n) is 5.36. The lowest BCUT2D eigenvalue weighted by Crippen LogP contribution is -2.57. The molecule has 2 atom stereocenters. The maximum absolute atomic E-state index is 14.3. The van der Waals surface area contributed by atoms with Crippen LogP contribution in [-0.4, -0.2) is 53.1 Å². The number of hydrogen-bond acceptors (Lipinski definition) is 4. The van der Waals surface area contributed by atoms with Crippen LogP contribution in [0.5, 0.6) is 5.75 Å². The molecule has 33 heavy (non-hydrogen) atoms. The van der Waals surface area contributed by atoms with E-state index in [1.54, 1.807) is 41.0 Å². The van der Waals surface area contributed by atoms with E-state index in [2.05, 4.69) is 22.6 Å². The van der Waals surface area contributed by atoms with Crippen molar-refractivity contribution in [2.75, 3.05) is 19.6 Å². The number of benzene rings is 2. The molecule has 1 aliphatic heterocycles. The lowest BCUT2D eigenvalue weighted by molar-refractivity contribution is -0.142. The van der Waals surface area contributed by atoms with E-state index in [4.69, 9.17) is 9.47 Å². The fourth-order valence-corrected chi connectivity index (χ4v) is 3.96. The maximum Gasteiger partial charge on any atom is 0.410 e. The number of amides is 2. The van der Waals surface area contributed by atoms with Gasteiger partial charge in [-0.05, 0) is 93.1 Å². The van der Waals surface area contributed by atoms with Crippen molar-refractivity contribution in [2.45, 2.75) is 52.4 Å². The van der Waals surface area contributed by atoms with Gasteiger partial charge in [0.05, 0.1) is 0 Å². The minimum Gasteiger partial charge on any atom is -0.476 e. The molecule has 0 unspecified atom stereocenters. The molecule has 1 aliphatic rings. The van der Waals surface area contributed by atoms with Gasteiger partial charge in [0.2, 0.25) is 6.10 Å². The Labute approximate surface area is 208 Å². The Hall–Kier alpha value is -2.36. The van der Waals surface area contributed by atoms with Crippen LogP contribution >= 0.6 is 22.6 Å². The highest BCUT2D eigenvalue weighted by molar-refractivity contribution is 14.1. The molecule has 1 fully saturated rings. The van der Waals surface area contributed by atoms with Gasteiger partial charge >= 0.3 is 6.09 Å². The molecule has 0 bridgehead atoms. The van der Waals surface area contributed by atoms with E-state index >= 15 is 0 Å². The van der Waals surface area contributed by atoms with Gasteiger partial charge in [0.1, 0.15) is 17.2 Å². The topological polar surface area (TPSA) is 59.1 Å². The van der Waals surface area contributed by atoms with E-state index in [0.29, 0.717) is 36.5 Å². The monoisotopic (exact) mass is 568 g/mol. The molecule has 0 N–H and O–H groups in total. The molecule has 2 amide bonds. The number of piperazine rings is 1. The molecule has 0 aliphatic carbocycles. The fraction of sp³-hybridized carbons (Fsp3) is 0.440. The van der Waals surface area contributed by atoms with Gasteiger partial charge in [0.15, 0.2) is 0 Å². The second-order valence-electron chi connectivity index (χ2n) is 9.27. The van der Waals surface area contributed by atoms with Gasteiger partial charge in [-0.1, -0.05) is 12.1 Å². The number of aryl methyl sites for hydroxylation is 1. The predicted octanol–water partition coefficient (Wildman–Crippen LogP) is 5.33. The van der Waals surface area contributed by atoms with Crippen molar-refractivity contribution < 1.29 is 23.5 Å². The van der Waals surface area contributed by atoms with Gasteiger partial charge in [0, 0.05) is 34.8 Å². The average molecular weight is 568 g/mol. The van der Waals surface area contributed by atoms with Crippen molar-refractivity contribution in [1.29, 1.82) is 0 Å². The normalized spacial score (nSPS) is 17.5. The first-order valence-electron chi connectivity index (χ1n) is 10.9. The molecular formula is C25H30FIN2O4. The Morgan fingerprint density at radius 2 is 1.79 bits per heavy atom. The molecule has 178 valence electrons. The Balaban J connectivity index is 1.80. The largest absolute Gasteiger partial charge is 0.476 e. The number of carbonyl (C=O) groups is 2. The summed E-state index contributed by atoms with van der Waals surface area (Å²) < 4.78 is 26.9. The maximum atomic E-state index is 14.3. The summed E-state index contributed by atoms with van der Waals surface area (Å²) in [6.07, 6.45) is -1.39. The lowest BCUT2D eigenvalue weighted by atomic mass is 10.0. The SMILES string of the molecule is Cc1ccc([C@@H](Oc2ccc(I)cc2)C(=O)N2CCN(C(=O)OC(C)(C)C)[C@H](C)C2)cc1F. The van der Waals surface area contributed by atoms with Crippen molar-refractivity contribution in [3.8, 4) is 5.75 Å². The highest BCUT2D eigenvalue weighted by Crippen LogP contribution is 2.27. The second-order valence-corrected chi connectivity index (χ2v) is 10.5. The van der Waals surface area contributed by atoms with Gasteiger partial charge in [-0.25, -0.2) is 9.18 Å². The zero-order valence-corrected chi connectivity index (χ0v) is 21.8. The number of halogens is 2. The van der Waals surface area contributed by atoms with Crippen molar-refractivity contribution in [1.82, 2.24) is 9.80 Å². The smallest absolute Gasteiger partial charge is 0.410 e. The summed E-state index contributed by atoms with van der Waals surface area (Å²) in [5.74, 6) is -0.137. The van der Waals surface area contributed by atoms with Gasteiger partial charge in [-0.2, -0.15) is 0 Å². The molecule has 1 saturated heterocycles. The molecule has 1 heterocycles. The van der Waals surface area contributed by atoms with Crippen LogP contribution in [0.3, 0.4) is 0 Å². The molecule has 0 radical (unpaired) electrons. The molecule has 0 aromatic heterocycles. The van der Waals surface area contributed by atoms with Crippen LogP contribution in [-0.2, 0) is 9.53 Å². The Bertz CT molecular complexity index is 1010. The minimum atomic E-state index is -1.000. The summed E-state index contributed by atoms with van der Waals surface area (Å²) >= 11 is 2.19. The van der Waals surface area contributed by atoms with E-state index in [-0.39, 0.29) is 17.8 Å². The molecule has 6 nitrogen and oxygen atoms in total. The molecule has 0 spiro atoms. The summed E-state index contributed by atoms with van der Waals surface area (Å²) in [5, 5.41) is 0. The van der Waals surface area contributed by atoms with Crippen molar-refractivity contribution in [3.63, 3.8) is 0 Å². The minimum absolute atomic E-state index is 0.230. The first-order valence-corrected chi connectivity index (χ1v) is 12.0. The first kappa shape index (κ1) is 25.3. The number of carbonyl (C=O) groups excluding carboxylic acids is 2. The summed E-state index contributed by atoms with van der Waals surface area (Å²) in [5.41, 5.74) is 0.355. The quantitative estimate of drug-likeness (QED) is 0.469. The molecule has 0 saturated carbocycles. The third kappa shape index (κ3) is 6.59. The van der Waals surface area contributed by atoms with Crippen LogP contribution in [0, 0.1) is 16.3 Å². The molecule has 2 aromatic carbocycles. The Morgan fingerprint density at radius 3 is 2.36 bits per heavy atom. The van der Waals surface area contributed by atoms with Gasteiger partial charge < -0.3 is 19.3 Å². The van der Waals surface area contributed by atoms with Crippen molar-refractivity contribution in [3.05, 3.63) is 63.0 Å². The summed E-state index contributed by atoms with van der Waals surface area (Å²) in [6, 6.07) is 11.8. The molecule has 2 aromatic rings. The zero-order chi connectivity index (χ0) is 24.3. The van der Waals surface area contributed by atoms with E-state index in [9.17, 15) is 14.0 Å². The number of rotatable bonds is 4. The molecule has 3 rings (SSSR count). The average Bonchev–Trinajstić information content (AvgIpc) is 2.73. The standard InChI is InChI=1S/C25H30FIN2O4/c1-16-6-7-18(14-21(16)26)22(32-20-10-8-19(27)9-11-20)23(30)28-12-13-29(17(2)15-28)24(31)33-25(3,4)5/h6-11,14,17,22H,12-13,15H2,1-5H3/t17-,22-/m1/s1. The summed E-state index contributed by atoms with van der Waals surface area (Å²) in [7, 11) is 0. The zero-order valence-electron chi connectivity index (χ0n) is 19.6. The molecular weight excluding hydrogens is 538 g/mol.